The molecule has 0 fully saturated rings. The highest BCUT2D eigenvalue weighted by atomic mass is 32.1. The summed E-state index contributed by atoms with van der Waals surface area (Å²) in [7, 11) is 1.62. The first-order chi connectivity index (χ1) is 12.7. The van der Waals surface area contributed by atoms with Crippen LogP contribution in [-0.2, 0) is 0 Å². The highest BCUT2D eigenvalue weighted by Crippen LogP contribution is 2.32. The minimum Gasteiger partial charge on any atom is -0.497 e. The summed E-state index contributed by atoms with van der Waals surface area (Å²) in [4.78, 5) is 13.0. The fourth-order valence-electron chi connectivity index (χ4n) is 2.46. The van der Waals surface area contributed by atoms with E-state index in [2.05, 4.69) is 25.6 Å². The first-order valence-corrected chi connectivity index (χ1v) is 8.69. The van der Waals surface area contributed by atoms with E-state index in [0.29, 0.717) is 17.3 Å². The van der Waals surface area contributed by atoms with Gasteiger partial charge in [0.05, 0.1) is 17.3 Å². The third-order valence-corrected chi connectivity index (χ3v) is 4.69. The van der Waals surface area contributed by atoms with Crippen LogP contribution < -0.4 is 21.1 Å². The predicted molar refractivity (Wildman–Crippen MR) is 106 cm³/mol. The van der Waals surface area contributed by atoms with Gasteiger partial charge in [-0.05, 0) is 24.3 Å². The summed E-state index contributed by atoms with van der Waals surface area (Å²) >= 11 is 1.54. The third-order valence-electron chi connectivity index (χ3n) is 3.74. The van der Waals surface area contributed by atoms with E-state index < -0.39 is 0 Å². The summed E-state index contributed by atoms with van der Waals surface area (Å²) in [5.41, 5.74) is 8.40. The zero-order valence-corrected chi connectivity index (χ0v) is 14.7. The monoisotopic (exact) mass is 364 g/mol. The van der Waals surface area contributed by atoms with Gasteiger partial charge in [0.15, 0.2) is 16.8 Å². The van der Waals surface area contributed by atoms with Crippen LogP contribution in [0.2, 0.25) is 0 Å². The number of nitrogens with zero attached hydrogens (tertiary/aromatic N) is 3. The number of benzene rings is 2. The maximum absolute atomic E-state index is 6.24. The molecule has 8 heteroatoms. The zero-order valence-electron chi connectivity index (χ0n) is 13.9. The lowest BCUT2D eigenvalue weighted by Gasteiger charge is -2.12. The van der Waals surface area contributed by atoms with E-state index in [9.17, 15) is 0 Å². The zero-order chi connectivity index (χ0) is 17.9. The fraction of sp³-hybridized carbons (Fsp3) is 0.0556. The molecule has 0 aliphatic rings. The molecule has 0 atom stereocenters. The molecular weight excluding hydrogens is 348 g/mol. The third kappa shape index (κ3) is 3.22. The van der Waals surface area contributed by atoms with E-state index in [1.165, 1.54) is 6.33 Å². The molecule has 4 aromatic rings. The van der Waals surface area contributed by atoms with Gasteiger partial charge >= 0.3 is 0 Å². The number of rotatable bonds is 5. The molecule has 0 spiro atoms. The Bertz CT molecular complexity index is 1030. The van der Waals surface area contributed by atoms with Gasteiger partial charge in [-0.3, -0.25) is 0 Å². The van der Waals surface area contributed by atoms with Gasteiger partial charge in [0.2, 0.25) is 0 Å². The quantitative estimate of drug-likeness (QED) is 0.489. The summed E-state index contributed by atoms with van der Waals surface area (Å²) in [6.07, 6.45) is 1.45. The molecule has 0 aliphatic heterocycles. The number of thiazole rings is 1. The first kappa shape index (κ1) is 16.1. The van der Waals surface area contributed by atoms with Gasteiger partial charge in [-0.25, -0.2) is 15.0 Å². The Morgan fingerprint density at radius 3 is 2.62 bits per heavy atom. The van der Waals surface area contributed by atoms with Crippen LogP contribution in [-0.4, -0.2) is 22.1 Å². The largest absolute Gasteiger partial charge is 0.497 e. The topological polar surface area (TPSA) is 98.0 Å². The molecule has 0 amide bonds. The number of hydrogen-bond acceptors (Lipinski definition) is 8. The van der Waals surface area contributed by atoms with Crippen LogP contribution in [0.4, 0.5) is 28.1 Å². The first-order valence-electron chi connectivity index (χ1n) is 7.87. The molecule has 4 rings (SSSR count). The molecule has 4 N–H and O–H groups in total. The van der Waals surface area contributed by atoms with Crippen molar-refractivity contribution >= 4 is 49.7 Å². The SMILES string of the molecule is COc1cccc(Nc2ncnc(Nc3nc4ccccc4s3)c2N)c1. The van der Waals surface area contributed by atoms with Crippen LogP contribution in [0, 0.1) is 0 Å². The van der Waals surface area contributed by atoms with Crippen molar-refractivity contribution in [2.45, 2.75) is 0 Å². The van der Waals surface area contributed by atoms with E-state index in [1.54, 1.807) is 18.4 Å². The van der Waals surface area contributed by atoms with Crippen LogP contribution in [0.3, 0.4) is 0 Å². The number of nitrogens with one attached hydrogen (secondary N) is 2. The molecule has 26 heavy (non-hydrogen) atoms. The van der Waals surface area contributed by atoms with Crippen molar-refractivity contribution in [3.05, 3.63) is 54.9 Å². The van der Waals surface area contributed by atoms with Crippen molar-refractivity contribution in [2.75, 3.05) is 23.5 Å². The highest BCUT2D eigenvalue weighted by molar-refractivity contribution is 7.22. The molecule has 0 bridgehead atoms. The molecule has 7 nitrogen and oxygen atoms in total. The van der Waals surface area contributed by atoms with Crippen LogP contribution >= 0.6 is 11.3 Å². The maximum Gasteiger partial charge on any atom is 0.189 e. The van der Waals surface area contributed by atoms with Crippen LogP contribution in [0.1, 0.15) is 0 Å². The Morgan fingerprint density at radius 1 is 1.00 bits per heavy atom. The van der Waals surface area contributed by atoms with E-state index in [4.69, 9.17) is 10.5 Å². The average Bonchev–Trinajstić information content (AvgIpc) is 3.07. The molecule has 0 aliphatic carbocycles. The Labute approximate surface area is 153 Å². The smallest absolute Gasteiger partial charge is 0.189 e. The number of fused-ring (bicyclic) bond motifs is 1. The second-order valence-corrected chi connectivity index (χ2v) is 6.48. The molecule has 0 unspecified atom stereocenters. The molecule has 2 aromatic carbocycles. The lowest BCUT2D eigenvalue weighted by molar-refractivity contribution is 0.415. The number of anilines is 5. The Morgan fingerprint density at radius 2 is 1.81 bits per heavy atom. The second kappa shape index (κ2) is 6.85. The van der Waals surface area contributed by atoms with Gasteiger partial charge in [-0.1, -0.05) is 29.5 Å². The Hall–Kier alpha value is -3.39. The number of para-hydroxylation sites is 1. The van der Waals surface area contributed by atoms with Crippen molar-refractivity contribution in [1.82, 2.24) is 15.0 Å². The highest BCUT2D eigenvalue weighted by Gasteiger charge is 2.11. The van der Waals surface area contributed by atoms with Gasteiger partial charge in [-0.2, -0.15) is 0 Å². The number of ether oxygens (including phenoxy) is 1. The number of nitrogens with two attached hydrogens (primary N) is 1. The van der Waals surface area contributed by atoms with Crippen molar-refractivity contribution in [1.29, 1.82) is 0 Å². The van der Waals surface area contributed by atoms with Crippen LogP contribution in [0.25, 0.3) is 10.2 Å². The summed E-state index contributed by atoms with van der Waals surface area (Å²) in [6.45, 7) is 0. The summed E-state index contributed by atoms with van der Waals surface area (Å²) in [5, 5.41) is 7.09. The van der Waals surface area contributed by atoms with Crippen LogP contribution in [0.15, 0.2) is 54.9 Å². The van der Waals surface area contributed by atoms with Gasteiger partial charge < -0.3 is 21.1 Å². The molecule has 0 radical (unpaired) electrons. The normalized spacial score (nSPS) is 10.7. The van der Waals surface area contributed by atoms with E-state index in [1.807, 2.05) is 48.5 Å². The van der Waals surface area contributed by atoms with E-state index >= 15 is 0 Å². The lowest BCUT2D eigenvalue weighted by Crippen LogP contribution is -2.05. The summed E-state index contributed by atoms with van der Waals surface area (Å²) in [6, 6.07) is 15.5. The second-order valence-electron chi connectivity index (χ2n) is 5.45. The number of aromatic nitrogens is 3. The molecule has 2 heterocycles. The number of hydrogen-bond donors (Lipinski definition) is 3. The van der Waals surface area contributed by atoms with Crippen molar-refractivity contribution in [3.8, 4) is 5.75 Å². The van der Waals surface area contributed by atoms with Gasteiger partial charge in [-0.15, -0.1) is 0 Å². The average molecular weight is 364 g/mol. The molecule has 0 saturated heterocycles. The maximum atomic E-state index is 6.24. The van der Waals surface area contributed by atoms with E-state index in [0.717, 1.165) is 26.8 Å². The van der Waals surface area contributed by atoms with Gasteiger partial charge in [0.1, 0.15) is 17.8 Å². The fourth-order valence-corrected chi connectivity index (χ4v) is 3.32. The number of nitrogen functional groups attached to an aromatic ring is 1. The minimum atomic E-state index is 0.412. The molecule has 2 aromatic heterocycles. The van der Waals surface area contributed by atoms with Crippen molar-refractivity contribution in [3.63, 3.8) is 0 Å². The minimum absolute atomic E-state index is 0.412. The van der Waals surface area contributed by atoms with Crippen molar-refractivity contribution < 1.29 is 4.74 Å². The standard InChI is InChI=1S/C18H16N6OS/c1-25-12-6-4-5-11(9-12)22-16-15(19)17(21-10-20-16)24-18-23-13-7-2-3-8-14(13)26-18/h2-10H,19H2,1H3,(H2,20,21,22,23,24). The van der Waals surface area contributed by atoms with Crippen LogP contribution in [0.5, 0.6) is 5.75 Å². The Balaban J connectivity index is 1.60. The summed E-state index contributed by atoms with van der Waals surface area (Å²) in [5.74, 6) is 1.76. The van der Waals surface area contributed by atoms with E-state index in [-0.39, 0.29) is 0 Å². The summed E-state index contributed by atoms with van der Waals surface area (Å²) < 4.78 is 6.33. The van der Waals surface area contributed by atoms with Gasteiger partial charge in [0, 0.05) is 11.8 Å². The predicted octanol–water partition coefficient (Wildman–Crippen LogP) is 4.16. The lowest BCUT2D eigenvalue weighted by atomic mass is 10.3. The Kier molecular flexibility index (Phi) is 4.24. The molecule has 130 valence electrons. The number of methoxy groups -OCH3 is 1. The molecule has 0 saturated carbocycles. The van der Waals surface area contributed by atoms with Gasteiger partial charge in [0.25, 0.3) is 0 Å². The van der Waals surface area contributed by atoms with Crippen molar-refractivity contribution in [2.24, 2.45) is 0 Å². The molecular formula is C18H16N6OS.